The second kappa shape index (κ2) is 12.7. The molecule has 1 aliphatic carbocycles. The van der Waals surface area contributed by atoms with Gasteiger partial charge in [-0.3, -0.25) is 19.2 Å². The highest BCUT2D eigenvalue weighted by Gasteiger charge is 2.69. The molecule has 2 saturated heterocycles. The number of carbonyl (C=O) groups is 5. The monoisotopic (exact) mass is 576 g/mol. The Kier molecular flexibility index (Phi) is 10.2. The topological polar surface area (TPSA) is 148 Å². The van der Waals surface area contributed by atoms with Gasteiger partial charge in [0.1, 0.15) is 17.7 Å². The Morgan fingerprint density at radius 3 is 2.15 bits per heavy atom. The van der Waals surface area contributed by atoms with E-state index < -0.39 is 47.4 Å². The van der Waals surface area contributed by atoms with E-state index in [-0.39, 0.29) is 28.6 Å². The number of piperidine rings is 1. The van der Waals surface area contributed by atoms with Gasteiger partial charge in [0, 0.05) is 6.54 Å². The molecule has 0 bridgehead atoms. The average Bonchev–Trinajstić information content (AvgIpc) is 3.17. The molecule has 2 heterocycles. The van der Waals surface area contributed by atoms with Crippen molar-refractivity contribution in [3.63, 3.8) is 0 Å². The zero-order valence-electron chi connectivity index (χ0n) is 26.1. The molecule has 0 aromatic heterocycles. The van der Waals surface area contributed by atoms with Gasteiger partial charge in [0.15, 0.2) is 0 Å². The third kappa shape index (κ3) is 8.44. The molecule has 0 aromatic rings. The first-order valence-corrected chi connectivity index (χ1v) is 15.4. The Bertz CT molecular complexity index is 1020. The van der Waals surface area contributed by atoms with Crippen LogP contribution in [0.2, 0.25) is 0 Å². The minimum atomic E-state index is -1.08. The first kappa shape index (κ1) is 32.9. The average molecular weight is 577 g/mol. The number of nitrogens with two attached hydrogens (primary N) is 1. The molecule has 5 atom stereocenters. The predicted molar refractivity (Wildman–Crippen MR) is 156 cm³/mol. The number of fused-ring (bicyclic) bond motifs is 3. The van der Waals surface area contributed by atoms with Crippen molar-refractivity contribution in [3.05, 3.63) is 0 Å². The van der Waals surface area contributed by atoms with Gasteiger partial charge in [-0.1, -0.05) is 72.6 Å². The van der Waals surface area contributed by atoms with Gasteiger partial charge < -0.3 is 26.0 Å². The van der Waals surface area contributed by atoms with E-state index in [1.165, 1.54) is 0 Å². The van der Waals surface area contributed by atoms with Crippen LogP contribution >= 0.6 is 0 Å². The quantitative estimate of drug-likeness (QED) is 0.435. The number of hydrogen-bond donors (Lipinski definition) is 3. The van der Waals surface area contributed by atoms with Crippen molar-refractivity contribution in [2.24, 2.45) is 28.4 Å². The van der Waals surface area contributed by atoms with E-state index >= 15 is 0 Å². The van der Waals surface area contributed by atoms with Crippen molar-refractivity contribution in [2.45, 2.75) is 136 Å². The lowest BCUT2D eigenvalue weighted by molar-refractivity contribution is -0.144. The van der Waals surface area contributed by atoms with Crippen molar-refractivity contribution in [3.8, 4) is 0 Å². The number of primary amides is 1. The fraction of sp³-hybridized carbons (Fsp3) is 0.839. The van der Waals surface area contributed by atoms with E-state index in [2.05, 4.69) is 38.3 Å². The Labute approximate surface area is 245 Å². The van der Waals surface area contributed by atoms with Crippen LogP contribution in [-0.4, -0.2) is 64.8 Å². The van der Waals surface area contributed by atoms with Gasteiger partial charge in [0.05, 0.1) is 6.04 Å². The van der Waals surface area contributed by atoms with E-state index in [9.17, 15) is 24.0 Å². The molecule has 1 saturated carbocycles. The highest BCUT2D eigenvalue weighted by Crippen LogP contribution is 2.65. The molecular formula is C31H52N4O6. The molecule has 0 aromatic carbocycles. The summed E-state index contributed by atoms with van der Waals surface area (Å²) in [4.78, 5) is 66.9. The van der Waals surface area contributed by atoms with Gasteiger partial charge in [0.2, 0.25) is 17.6 Å². The molecule has 3 fully saturated rings. The van der Waals surface area contributed by atoms with Gasteiger partial charge in [0.25, 0.3) is 5.91 Å². The molecule has 10 heteroatoms. The number of ether oxygens (including phenoxy) is 1. The van der Waals surface area contributed by atoms with Crippen LogP contribution in [0.25, 0.3) is 0 Å². The van der Waals surface area contributed by atoms with Crippen LogP contribution in [0.5, 0.6) is 0 Å². The zero-order chi connectivity index (χ0) is 30.8. The minimum absolute atomic E-state index is 0.0865. The van der Waals surface area contributed by atoms with Crippen LogP contribution in [0.4, 0.5) is 4.79 Å². The Morgan fingerprint density at radius 1 is 0.976 bits per heavy atom. The highest BCUT2D eigenvalue weighted by molar-refractivity contribution is 6.37. The molecule has 4 amide bonds. The highest BCUT2D eigenvalue weighted by atomic mass is 16.6. The Morgan fingerprint density at radius 2 is 1.56 bits per heavy atom. The number of nitrogens with zero attached hydrogens (tertiary/aromatic N) is 1. The summed E-state index contributed by atoms with van der Waals surface area (Å²) >= 11 is 0. The summed E-state index contributed by atoms with van der Waals surface area (Å²) < 4.78 is 5.50. The Balaban J connectivity index is 1.93. The number of nitrogens with one attached hydrogen (secondary N) is 2. The molecule has 41 heavy (non-hydrogen) atoms. The first-order valence-electron chi connectivity index (χ1n) is 15.4. The van der Waals surface area contributed by atoms with Crippen molar-refractivity contribution in [2.75, 3.05) is 6.54 Å². The smallest absolute Gasteiger partial charge is 0.408 e. The lowest BCUT2D eigenvalue weighted by Crippen LogP contribution is -2.58. The largest absolute Gasteiger partial charge is 0.444 e. The van der Waals surface area contributed by atoms with Crippen molar-refractivity contribution in [1.29, 1.82) is 0 Å². The lowest BCUT2D eigenvalue weighted by atomic mass is 9.80. The van der Waals surface area contributed by atoms with Crippen molar-refractivity contribution >= 4 is 29.6 Å². The number of ketones is 1. The molecule has 0 spiro atoms. The van der Waals surface area contributed by atoms with Crippen LogP contribution < -0.4 is 16.4 Å². The zero-order valence-corrected chi connectivity index (χ0v) is 26.1. The molecule has 0 radical (unpaired) electrons. The number of alkyl carbamates (subject to hydrolysis) is 1. The third-order valence-corrected chi connectivity index (χ3v) is 9.23. The predicted octanol–water partition coefficient (Wildman–Crippen LogP) is 3.84. The lowest BCUT2D eigenvalue weighted by Gasteiger charge is -2.36. The summed E-state index contributed by atoms with van der Waals surface area (Å²) in [6.07, 6.45) is 7.80. The maximum absolute atomic E-state index is 14.2. The van der Waals surface area contributed by atoms with Crippen LogP contribution in [0.15, 0.2) is 0 Å². The van der Waals surface area contributed by atoms with Crippen molar-refractivity contribution in [1.82, 2.24) is 15.5 Å². The molecule has 2 aliphatic heterocycles. The minimum Gasteiger partial charge on any atom is -0.444 e. The van der Waals surface area contributed by atoms with E-state index in [1.807, 2.05) is 0 Å². The maximum atomic E-state index is 14.2. The number of hydrogen-bond acceptors (Lipinski definition) is 6. The molecule has 232 valence electrons. The van der Waals surface area contributed by atoms with Crippen LogP contribution in [0, 0.1) is 22.7 Å². The number of amides is 4. The van der Waals surface area contributed by atoms with E-state index in [0.29, 0.717) is 25.8 Å². The third-order valence-electron chi connectivity index (χ3n) is 9.23. The van der Waals surface area contributed by atoms with E-state index in [0.717, 1.165) is 44.9 Å². The number of Topliss-reactive ketones (excluding diaryl/α,β-unsaturated/α-hetero) is 1. The van der Waals surface area contributed by atoms with Crippen LogP contribution in [-0.2, 0) is 23.9 Å². The molecule has 0 unspecified atom stereocenters. The summed E-state index contributed by atoms with van der Waals surface area (Å²) in [5.41, 5.74) is 4.21. The van der Waals surface area contributed by atoms with Gasteiger partial charge in [-0.05, 0) is 62.7 Å². The summed E-state index contributed by atoms with van der Waals surface area (Å²) in [6, 6.07) is -2.71. The van der Waals surface area contributed by atoms with E-state index in [1.54, 1.807) is 25.7 Å². The second-order valence-corrected chi connectivity index (χ2v) is 14.8. The fourth-order valence-corrected chi connectivity index (χ4v) is 6.85. The number of rotatable bonds is 3. The standard InChI is InChI=1S/C31H52N4O6/c1-29(2,3)41-28(40)34-21-17-30(4,5)16-14-12-10-8-9-11-13-15-20(24(36)25(32)37)33-26(38)23-22-19(31(22,6)7)18-35(23)27(21)39/h19-23H,8-18H2,1-7H3,(H2,32,37)(H,33,38)(H,34,40)/t19-,20-,21-,22-,23-/m0/s1. The van der Waals surface area contributed by atoms with E-state index in [4.69, 9.17) is 10.5 Å². The molecule has 3 aliphatic rings. The van der Waals surface area contributed by atoms with Crippen LogP contribution in [0.1, 0.15) is 113 Å². The summed E-state index contributed by atoms with van der Waals surface area (Å²) in [6.45, 7) is 14.1. The van der Waals surface area contributed by atoms with Gasteiger partial charge in [-0.2, -0.15) is 0 Å². The Hall–Kier alpha value is -2.65. The molecule has 10 nitrogen and oxygen atoms in total. The number of carbonyl (C=O) groups excluding carboxylic acids is 5. The van der Waals surface area contributed by atoms with Crippen LogP contribution in [0.3, 0.4) is 0 Å². The van der Waals surface area contributed by atoms with Crippen molar-refractivity contribution < 1.29 is 28.7 Å². The fourth-order valence-electron chi connectivity index (χ4n) is 6.85. The summed E-state index contributed by atoms with van der Waals surface area (Å²) in [5.74, 6) is -2.64. The SMILES string of the molecule is CC1(C)CCCCCCCCC[C@@H](C(=O)C(N)=O)NC(=O)[C@@H]2[C@@H]3[C@H](CN2C(=O)[C@@H](NC(=O)OC(C)(C)C)C1)C3(C)C. The molecule has 3 rings (SSSR count). The van der Waals surface area contributed by atoms with Gasteiger partial charge >= 0.3 is 6.09 Å². The molecule has 4 N–H and O–H groups in total. The van der Waals surface area contributed by atoms with Gasteiger partial charge in [-0.25, -0.2) is 4.79 Å². The van der Waals surface area contributed by atoms with Gasteiger partial charge in [-0.15, -0.1) is 0 Å². The summed E-state index contributed by atoms with van der Waals surface area (Å²) in [5, 5.41) is 5.62. The normalized spacial score (nSPS) is 31.0. The summed E-state index contributed by atoms with van der Waals surface area (Å²) in [7, 11) is 0. The molecular weight excluding hydrogens is 524 g/mol. The first-order chi connectivity index (χ1) is 18.9. The second-order valence-electron chi connectivity index (χ2n) is 14.8. The maximum Gasteiger partial charge on any atom is 0.408 e.